The Morgan fingerprint density at radius 1 is 1.42 bits per heavy atom. The van der Waals surface area contributed by atoms with Gasteiger partial charge >= 0.3 is 6.01 Å². The molecule has 19 heavy (non-hydrogen) atoms. The van der Waals surface area contributed by atoms with Crippen LogP contribution in [0.4, 0.5) is 11.1 Å². The summed E-state index contributed by atoms with van der Waals surface area (Å²) in [5, 5.41) is 6.59. The molecule has 96 valence electrons. The SMILES string of the molecule is Cc1noc(NC(=O)c2ccc3nc(N)sc3c2)n1. The topological polar surface area (TPSA) is 107 Å². The molecule has 0 saturated heterocycles. The van der Waals surface area contributed by atoms with E-state index in [0.717, 1.165) is 10.2 Å². The van der Waals surface area contributed by atoms with Crippen LogP contribution in [0.1, 0.15) is 16.2 Å². The van der Waals surface area contributed by atoms with Gasteiger partial charge in [-0.3, -0.25) is 10.1 Å². The predicted molar refractivity (Wildman–Crippen MR) is 71.0 cm³/mol. The normalized spacial score (nSPS) is 10.8. The van der Waals surface area contributed by atoms with Gasteiger partial charge in [-0.2, -0.15) is 4.98 Å². The summed E-state index contributed by atoms with van der Waals surface area (Å²) in [5.74, 6) is 0.138. The minimum atomic E-state index is -0.322. The molecule has 3 rings (SSSR count). The average Bonchev–Trinajstić information content (AvgIpc) is 2.93. The third kappa shape index (κ3) is 2.25. The van der Waals surface area contributed by atoms with Crippen LogP contribution in [0.2, 0.25) is 0 Å². The van der Waals surface area contributed by atoms with E-state index in [2.05, 4.69) is 20.4 Å². The van der Waals surface area contributed by atoms with E-state index < -0.39 is 0 Å². The van der Waals surface area contributed by atoms with Crippen LogP contribution in [-0.4, -0.2) is 21.0 Å². The lowest BCUT2D eigenvalue weighted by atomic mass is 10.2. The molecule has 0 aliphatic rings. The molecule has 0 radical (unpaired) electrons. The van der Waals surface area contributed by atoms with Crippen molar-refractivity contribution in [1.82, 2.24) is 15.1 Å². The van der Waals surface area contributed by atoms with Gasteiger partial charge in [-0.05, 0) is 25.1 Å². The summed E-state index contributed by atoms with van der Waals surface area (Å²) >= 11 is 1.33. The van der Waals surface area contributed by atoms with Gasteiger partial charge in [0.05, 0.1) is 10.2 Å². The van der Waals surface area contributed by atoms with E-state index >= 15 is 0 Å². The first-order valence-corrected chi connectivity index (χ1v) is 6.21. The number of hydrogen-bond acceptors (Lipinski definition) is 7. The summed E-state index contributed by atoms with van der Waals surface area (Å²) in [6.45, 7) is 1.67. The monoisotopic (exact) mass is 275 g/mol. The van der Waals surface area contributed by atoms with Crippen LogP contribution in [0.3, 0.4) is 0 Å². The van der Waals surface area contributed by atoms with Crippen molar-refractivity contribution >= 4 is 38.6 Å². The molecule has 3 aromatic rings. The van der Waals surface area contributed by atoms with Crippen molar-refractivity contribution in [2.75, 3.05) is 11.1 Å². The van der Waals surface area contributed by atoms with Gasteiger partial charge in [-0.25, -0.2) is 4.98 Å². The van der Waals surface area contributed by atoms with Gasteiger partial charge in [0.2, 0.25) is 0 Å². The van der Waals surface area contributed by atoms with E-state index in [-0.39, 0.29) is 11.9 Å². The summed E-state index contributed by atoms with van der Waals surface area (Å²) in [7, 11) is 0. The lowest BCUT2D eigenvalue weighted by molar-refractivity contribution is 0.102. The number of nitrogens with zero attached hydrogens (tertiary/aromatic N) is 3. The summed E-state index contributed by atoms with van der Waals surface area (Å²) in [4.78, 5) is 20.0. The van der Waals surface area contributed by atoms with Crippen LogP contribution in [0.5, 0.6) is 0 Å². The first kappa shape index (κ1) is 11.6. The zero-order valence-electron chi connectivity index (χ0n) is 9.88. The van der Waals surface area contributed by atoms with E-state index in [0.29, 0.717) is 16.5 Å². The van der Waals surface area contributed by atoms with Crippen LogP contribution in [0, 0.1) is 6.92 Å². The van der Waals surface area contributed by atoms with Gasteiger partial charge in [0.25, 0.3) is 5.91 Å². The Balaban J connectivity index is 1.88. The third-order valence-electron chi connectivity index (χ3n) is 2.42. The van der Waals surface area contributed by atoms with Gasteiger partial charge < -0.3 is 10.3 Å². The number of nitrogen functional groups attached to an aromatic ring is 1. The van der Waals surface area contributed by atoms with Crippen molar-refractivity contribution in [3.8, 4) is 0 Å². The number of carbonyl (C=O) groups excluding carboxylic acids is 1. The van der Waals surface area contributed by atoms with Crippen LogP contribution >= 0.6 is 11.3 Å². The van der Waals surface area contributed by atoms with Crippen molar-refractivity contribution in [2.24, 2.45) is 0 Å². The van der Waals surface area contributed by atoms with Crippen molar-refractivity contribution in [3.05, 3.63) is 29.6 Å². The third-order valence-corrected chi connectivity index (χ3v) is 3.26. The number of aryl methyl sites for hydroxylation is 1. The maximum atomic E-state index is 12.0. The Morgan fingerprint density at radius 3 is 3.00 bits per heavy atom. The summed E-state index contributed by atoms with van der Waals surface area (Å²) in [6, 6.07) is 5.21. The number of amides is 1. The van der Waals surface area contributed by atoms with Crippen LogP contribution in [-0.2, 0) is 0 Å². The Bertz CT molecular complexity index is 763. The molecule has 0 aliphatic heterocycles. The molecule has 0 aliphatic carbocycles. The number of hydrogen-bond donors (Lipinski definition) is 2. The number of thiazole rings is 1. The molecule has 0 atom stereocenters. The lowest BCUT2D eigenvalue weighted by Crippen LogP contribution is -2.11. The second-order valence-corrected chi connectivity index (χ2v) is 4.90. The quantitative estimate of drug-likeness (QED) is 0.738. The number of nitrogens with one attached hydrogen (secondary N) is 1. The van der Waals surface area contributed by atoms with E-state index in [1.54, 1.807) is 25.1 Å². The first-order chi connectivity index (χ1) is 9.11. The van der Waals surface area contributed by atoms with Gasteiger partial charge in [-0.15, -0.1) is 0 Å². The fraction of sp³-hybridized carbons (Fsp3) is 0.0909. The highest BCUT2D eigenvalue weighted by molar-refractivity contribution is 7.22. The molecule has 1 amide bonds. The fourth-order valence-corrected chi connectivity index (χ4v) is 2.37. The number of nitrogens with two attached hydrogens (primary N) is 1. The Morgan fingerprint density at radius 2 is 2.26 bits per heavy atom. The van der Waals surface area contributed by atoms with Crippen molar-refractivity contribution in [1.29, 1.82) is 0 Å². The molecule has 0 saturated carbocycles. The van der Waals surface area contributed by atoms with Crippen molar-refractivity contribution < 1.29 is 9.32 Å². The van der Waals surface area contributed by atoms with Gasteiger partial charge in [0.1, 0.15) is 0 Å². The number of carbonyl (C=O) groups is 1. The maximum Gasteiger partial charge on any atom is 0.328 e. The number of fused-ring (bicyclic) bond motifs is 1. The maximum absolute atomic E-state index is 12.0. The molecule has 1 aromatic carbocycles. The standard InChI is InChI=1S/C11H9N5O2S/c1-5-13-11(18-16-5)15-9(17)6-2-3-7-8(4-6)19-10(12)14-7/h2-4H,1H3,(H2,12,14)(H,13,15,16,17). The summed E-state index contributed by atoms with van der Waals surface area (Å²) < 4.78 is 5.68. The molecular weight excluding hydrogens is 266 g/mol. The molecule has 0 fully saturated rings. The highest BCUT2D eigenvalue weighted by Gasteiger charge is 2.12. The van der Waals surface area contributed by atoms with Crippen molar-refractivity contribution in [2.45, 2.75) is 6.92 Å². The second kappa shape index (κ2) is 4.32. The molecule has 7 nitrogen and oxygen atoms in total. The van der Waals surface area contributed by atoms with E-state index in [4.69, 9.17) is 10.3 Å². The number of benzene rings is 1. The molecule has 2 aromatic heterocycles. The zero-order valence-corrected chi connectivity index (χ0v) is 10.7. The minimum absolute atomic E-state index is 0.0754. The lowest BCUT2D eigenvalue weighted by Gasteiger charge is -1.99. The smallest absolute Gasteiger partial charge is 0.328 e. The van der Waals surface area contributed by atoms with E-state index in [1.165, 1.54) is 11.3 Å². The molecule has 8 heteroatoms. The van der Waals surface area contributed by atoms with Gasteiger partial charge in [0.15, 0.2) is 11.0 Å². The molecule has 0 spiro atoms. The Kier molecular flexibility index (Phi) is 2.64. The summed E-state index contributed by atoms with van der Waals surface area (Å²) in [5.41, 5.74) is 6.87. The van der Waals surface area contributed by atoms with Crippen LogP contribution in [0.25, 0.3) is 10.2 Å². The molecule has 3 N–H and O–H groups in total. The highest BCUT2D eigenvalue weighted by Crippen LogP contribution is 2.24. The largest absolute Gasteiger partial charge is 0.375 e. The number of anilines is 2. The molecule has 0 bridgehead atoms. The van der Waals surface area contributed by atoms with Gasteiger partial charge in [0, 0.05) is 5.56 Å². The molecule has 0 unspecified atom stereocenters. The highest BCUT2D eigenvalue weighted by atomic mass is 32.1. The molecular formula is C11H9N5O2S. The zero-order chi connectivity index (χ0) is 13.4. The number of aromatic nitrogens is 3. The summed E-state index contributed by atoms with van der Waals surface area (Å²) in [6.07, 6.45) is 0. The molecule has 2 heterocycles. The number of rotatable bonds is 2. The van der Waals surface area contributed by atoms with Crippen LogP contribution in [0.15, 0.2) is 22.7 Å². The van der Waals surface area contributed by atoms with Crippen molar-refractivity contribution in [3.63, 3.8) is 0 Å². The first-order valence-electron chi connectivity index (χ1n) is 5.39. The average molecular weight is 275 g/mol. The predicted octanol–water partition coefficient (Wildman–Crippen LogP) is 1.82. The Hall–Kier alpha value is -2.48. The minimum Gasteiger partial charge on any atom is -0.375 e. The fourth-order valence-electron chi connectivity index (χ4n) is 1.60. The Labute approximate surface area is 111 Å². The van der Waals surface area contributed by atoms with Gasteiger partial charge in [-0.1, -0.05) is 16.5 Å². The van der Waals surface area contributed by atoms with Crippen LogP contribution < -0.4 is 11.1 Å². The van der Waals surface area contributed by atoms with E-state index in [1.807, 2.05) is 0 Å². The van der Waals surface area contributed by atoms with E-state index in [9.17, 15) is 4.79 Å². The second-order valence-electron chi connectivity index (χ2n) is 3.84.